The van der Waals surface area contributed by atoms with E-state index in [9.17, 15) is 4.79 Å². The van der Waals surface area contributed by atoms with Gasteiger partial charge in [0.05, 0.1) is 16.9 Å². The number of nitrogens with zero attached hydrogens (tertiary/aromatic N) is 4. The van der Waals surface area contributed by atoms with Gasteiger partial charge in [0.25, 0.3) is 5.91 Å². The van der Waals surface area contributed by atoms with E-state index < -0.39 is 5.91 Å². The highest BCUT2D eigenvalue weighted by Crippen LogP contribution is 2.34. The molecule has 12 heteroatoms. The Labute approximate surface area is 174 Å². The third-order valence-electron chi connectivity index (χ3n) is 3.78. The zero-order valence-electron chi connectivity index (χ0n) is 14.3. The number of H-pyrrole nitrogens is 1. The molecule has 146 valence electrons. The summed E-state index contributed by atoms with van der Waals surface area (Å²) in [6.45, 7) is 0.829. The molecule has 1 aromatic carbocycles. The van der Waals surface area contributed by atoms with Gasteiger partial charge >= 0.3 is 0 Å². The number of aromatic nitrogens is 5. The average molecular weight is 440 g/mol. The predicted octanol–water partition coefficient (Wildman–Crippen LogP) is 2.38. The first-order valence-electron chi connectivity index (χ1n) is 7.88. The van der Waals surface area contributed by atoms with Crippen LogP contribution in [0.15, 0.2) is 30.7 Å². The summed E-state index contributed by atoms with van der Waals surface area (Å²) in [5.74, 6) is 0.607. The molecule has 0 bridgehead atoms. The highest BCUT2D eigenvalue weighted by atomic mass is 35.5. The Bertz CT molecular complexity index is 1140. The Morgan fingerprint density at radius 3 is 2.93 bits per heavy atom. The van der Waals surface area contributed by atoms with Gasteiger partial charge in [-0.05, 0) is 18.2 Å². The van der Waals surface area contributed by atoms with Gasteiger partial charge in [-0.15, -0.1) is 23.7 Å². The standard InChI is InChI=1S/C16H14ClN7O2S.ClH/c17-10-5-8(26-4-3-18)1-2-9(10)11-6-20-7-24(11)15-12-14(22-23-15)21-16(27-12)13(19)25;/h1-2,5-7H,3-4,18H2,(H2,19,25)(H,22,23);1H. The van der Waals surface area contributed by atoms with Crippen LogP contribution in [0.4, 0.5) is 0 Å². The molecule has 9 nitrogen and oxygen atoms in total. The third kappa shape index (κ3) is 3.54. The summed E-state index contributed by atoms with van der Waals surface area (Å²) in [5, 5.41) is 7.80. The number of aromatic amines is 1. The van der Waals surface area contributed by atoms with Crippen molar-refractivity contribution in [3.63, 3.8) is 0 Å². The molecule has 3 aromatic heterocycles. The van der Waals surface area contributed by atoms with Crippen LogP contribution in [0.1, 0.15) is 9.80 Å². The van der Waals surface area contributed by atoms with E-state index in [-0.39, 0.29) is 17.4 Å². The SMILES string of the molecule is Cl.NCCOc1ccc(-c2cncn2-c2n[nH]c3nc(C(N)=O)sc23)c(Cl)c1. The lowest BCUT2D eigenvalue weighted by Gasteiger charge is -2.10. The quantitative estimate of drug-likeness (QED) is 0.421. The molecular formula is C16H15Cl2N7O2S. The van der Waals surface area contributed by atoms with Gasteiger partial charge in [0.2, 0.25) is 0 Å². The van der Waals surface area contributed by atoms with Crippen LogP contribution >= 0.6 is 35.3 Å². The molecule has 28 heavy (non-hydrogen) atoms. The fourth-order valence-electron chi connectivity index (χ4n) is 2.61. The summed E-state index contributed by atoms with van der Waals surface area (Å²) in [6, 6.07) is 5.38. The lowest BCUT2D eigenvalue weighted by atomic mass is 10.1. The summed E-state index contributed by atoms with van der Waals surface area (Å²) in [5.41, 5.74) is 12.7. The number of rotatable bonds is 6. The van der Waals surface area contributed by atoms with Crippen LogP contribution in [-0.2, 0) is 0 Å². The Hall–Kier alpha value is -2.66. The van der Waals surface area contributed by atoms with Gasteiger partial charge in [-0.1, -0.05) is 11.6 Å². The second-order valence-electron chi connectivity index (χ2n) is 5.54. The molecule has 0 aliphatic rings. The summed E-state index contributed by atoms with van der Waals surface area (Å²) < 4.78 is 7.96. The minimum atomic E-state index is -0.586. The zero-order valence-corrected chi connectivity index (χ0v) is 16.6. The average Bonchev–Trinajstić information content (AvgIpc) is 3.34. The first-order chi connectivity index (χ1) is 13.1. The van der Waals surface area contributed by atoms with E-state index in [1.807, 2.05) is 12.1 Å². The van der Waals surface area contributed by atoms with Crippen molar-refractivity contribution in [2.45, 2.75) is 0 Å². The van der Waals surface area contributed by atoms with Crippen LogP contribution in [0, 0.1) is 0 Å². The number of primary amides is 1. The maximum Gasteiger partial charge on any atom is 0.277 e. The number of hydrogen-bond acceptors (Lipinski definition) is 7. The largest absolute Gasteiger partial charge is 0.492 e. The van der Waals surface area contributed by atoms with E-state index in [1.54, 1.807) is 23.2 Å². The number of fused-ring (bicyclic) bond motifs is 1. The number of hydrogen-bond donors (Lipinski definition) is 3. The number of nitrogens with two attached hydrogens (primary N) is 2. The minimum absolute atomic E-state index is 0. The molecule has 0 atom stereocenters. The monoisotopic (exact) mass is 439 g/mol. The van der Waals surface area contributed by atoms with E-state index in [1.165, 1.54) is 0 Å². The summed E-state index contributed by atoms with van der Waals surface area (Å²) in [4.78, 5) is 19.7. The molecule has 3 heterocycles. The smallest absolute Gasteiger partial charge is 0.277 e. The van der Waals surface area contributed by atoms with E-state index in [4.69, 9.17) is 27.8 Å². The molecule has 0 spiro atoms. The fraction of sp³-hybridized carbons (Fsp3) is 0.125. The number of nitrogens with one attached hydrogen (secondary N) is 1. The molecule has 0 unspecified atom stereocenters. The minimum Gasteiger partial charge on any atom is -0.492 e. The van der Waals surface area contributed by atoms with Gasteiger partial charge in [-0.25, -0.2) is 9.97 Å². The molecule has 0 saturated carbocycles. The molecule has 0 aliphatic carbocycles. The Morgan fingerprint density at radius 1 is 1.39 bits per heavy atom. The van der Waals surface area contributed by atoms with Crippen LogP contribution < -0.4 is 16.2 Å². The van der Waals surface area contributed by atoms with Crippen LogP contribution in [0.3, 0.4) is 0 Å². The van der Waals surface area contributed by atoms with Gasteiger partial charge < -0.3 is 16.2 Å². The van der Waals surface area contributed by atoms with Crippen LogP contribution in [0.5, 0.6) is 5.75 Å². The van der Waals surface area contributed by atoms with Gasteiger partial charge in [-0.3, -0.25) is 14.5 Å². The maximum absolute atomic E-state index is 11.4. The second kappa shape index (κ2) is 8.15. The van der Waals surface area contributed by atoms with Crippen molar-refractivity contribution >= 4 is 51.6 Å². The molecule has 4 aromatic rings. The van der Waals surface area contributed by atoms with E-state index in [2.05, 4.69) is 20.2 Å². The van der Waals surface area contributed by atoms with Crippen molar-refractivity contribution in [1.29, 1.82) is 0 Å². The number of carbonyl (C=O) groups is 1. The topological polar surface area (TPSA) is 138 Å². The zero-order chi connectivity index (χ0) is 19.0. The molecule has 0 saturated heterocycles. The number of ether oxygens (including phenoxy) is 1. The van der Waals surface area contributed by atoms with Gasteiger partial charge in [0.1, 0.15) is 23.4 Å². The summed E-state index contributed by atoms with van der Waals surface area (Å²) in [7, 11) is 0. The Kier molecular flexibility index (Phi) is 5.84. The molecule has 0 aliphatic heterocycles. The van der Waals surface area contributed by atoms with E-state index in [0.29, 0.717) is 40.1 Å². The number of halogens is 2. The van der Waals surface area contributed by atoms with E-state index in [0.717, 1.165) is 22.6 Å². The number of carbonyl (C=O) groups excluding carboxylic acids is 1. The van der Waals surface area contributed by atoms with Crippen molar-refractivity contribution in [3.05, 3.63) is 40.8 Å². The Balaban J connectivity index is 0.00000225. The molecule has 4 rings (SSSR count). The second-order valence-corrected chi connectivity index (χ2v) is 6.94. The van der Waals surface area contributed by atoms with Crippen LogP contribution in [-0.4, -0.2) is 43.8 Å². The first kappa shape index (κ1) is 20.1. The predicted molar refractivity (Wildman–Crippen MR) is 110 cm³/mol. The molecule has 0 radical (unpaired) electrons. The number of imidazole rings is 1. The van der Waals surface area contributed by atoms with E-state index >= 15 is 0 Å². The van der Waals surface area contributed by atoms with Gasteiger partial charge in [0.15, 0.2) is 16.5 Å². The maximum atomic E-state index is 11.4. The lowest BCUT2D eigenvalue weighted by Crippen LogP contribution is -2.10. The fourth-order valence-corrected chi connectivity index (χ4v) is 3.73. The first-order valence-corrected chi connectivity index (χ1v) is 9.08. The lowest BCUT2D eigenvalue weighted by molar-refractivity contribution is 0.1000. The highest BCUT2D eigenvalue weighted by Gasteiger charge is 2.19. The molecule has 5 N–H and O–H groups in total. The van der Waals surface area contributed by atoms with Crippen LogP contribution in [0.2, 0.25) is 5.02 Å². The number of benzene rings is 1. The van der Waals surface area contributed by atoms with Gasteiger partial charge in [0, 0.05) is 12.1 Å². The number of amides is 1. The third-order valence-corrected chi connectivity index (χ3v) is 5.16. The van der Waals surface area contributed by atoms with Crippen molar-refractivity contribution in [1.82, 2.24) is 24.7 Å². The summed E-state index contributed by atoms with van der Waals surface area (Å²) in [6.07, 6.45) is 3.29. The van der Waals surface area contributed by atoms with Gasteiger partial charge in [-0.2, -0.15) is 5.10 Å². The van der Waals surface area contributed by atoms with Crippen molar-refractivity contribution in [2.24, 2.45) is 11.5 Å². The molecule has 1 amide bonds. The van der Waals surface area contributed by atoms with Crippen molar-refractivity contribution < 1.29 is 9.53 Å². The van der Waals surface area contributed by atoms with Crippen molar-refractivity contribution in [2.75, 3.05) is 13.2 Å². The number of thiazole rings is 1. The highest BCUT2D eigenvalue weighted by molar-refractivity contribution is 7.20. The van der Waals surface area contributed by atoms with Crippen molar-refractivity contribution in [3.8, 4) is 22.8 Å². The summed E-state index contributed by atoms with van der Waals surface area (Å²) >= 11 is 7.61. The Morgan fingerprint density at radius 2 is 2.21 bits per heavy atom. The van der Waals surface area contributed by atoms with Crippen LogP contribution in [0.25, 0.3) is 27.4 Å². The molecule has 0 fully saturated rings. The normalized spacial score (nSPS) is 10.8. The molecular weight excluding hydrogens is 425 g/mol.